The van der Waals surface area contributed by atoms with Gasteiger partial charge in [-0.05, 0) is 35.1 Å². The van der Waals surface area contributed by atoms with Crippen molar-refractivity contribution in [3.05, 3.63) is 143 Å². The fraction of sp³-hybridized carbons (Fsp3) is 0.219. The van der Waals surface area contributed by atoms with Gasteiger partial charge in [-0.25, -0.2) is 0 Å². The summed E-state index contributed by atoms with van der Waals surface area (Å²) in [6.07, 6.45) is 0.559. The van der Waals surface area contributed by atoms with Gasteiger partial charge in [0, 0.05) is 18.2 Å². The van der Waals surface area contributed by atoms with Crippen LogP contribution in [0, 0.1) is 0 Å². The third-order valence-electron chi connectivity index (χ3n) is 6.40. The maximum Gasteiger partial charge on any atom is 0.193 e. The van der Waals surface area contributed by atoms with E-state index >= 15 is 0 Å². The van der Waals surface area contributed by atoms with Crippen LogP contribution in [0.4, 0.5) is 0 Å². The highest BCUT2D eigenvalue weighted by Crippen LogP contribution is 2.32. The second kappa shape index (κ2) is 12.3. The number of methoxy groups -OCH3 is 1. The molecule has 35 heavy (non-hydrogen) atoms. The van der Waals surface area contributed by atoms with E-state index < -0.39 is 0 Å². The molecular formula is C32H32O3. The van der Waals surface area contributed by atoms with Gasteiger partial charge in [-0.15, -0.1) is 0 Å². The lowest BCUT2D eigenvalue weighted by Gasteiger charge is -2.25. The van der Waals surface area contributed by atoms with Crippen LogP contribution in [0.5, 0.6) is 0 Å². The van der Waals surface area contributed by atoms with Crippen LogP contribution in [-0.4, -0.2) is 19.5 Å². The first-order chi connectivity index (χ1) is 17.2. The number of hydrogen-bond acceptors (Lipinski definition) is 3. The number of rotatable bonds is 11. The SMILES string of the molecule is COC(COC(CC(C)c1cccc(C(=O)c2ccccc2)c1)c1ccccc1)c1ccccc1. The van der Waals surface area contributed by atoms with Crippen LogP contribution in [0.25, 0.3) is 0 Å². The minimum Gasteiger partial charge on any atom is -0.374 e. The molecule has 178 valence electrons. The Kier molecular flexibility index (Phi) is 8.61. The minimum absolute atomic E-state index is 0.0429. The molecule has 0 heterocycles. The van der Waals surface area contributed by atoms with Gasteiger partial charge >= 0.3 is 0 Å². The Morgan fingerprint density at radius 2 is 1.17 bits per heavy atom. The summed E-state index contributed by atoms with van der Waals surface area (Å²) in [7, 11) is 1.72. The van der Waals surface area contributed by atoms with Crippen molar-refractivity contribution in [2.75, 3.05) is 13.7 Å². The van der Waals surface area contributed by atoms with Crippen molar-refractivity contribution in [2.45, 2.75) is 31.5 Å². The van der Waals surface area contributed by atoms with Crippen molar-refractivity contribution in [1.82, 2.24) is 0 Å². The summed E-state index contributed by atoms with van der Waals surface area (Å²) >= 11 is 0. The predicted molar refractivity (Wildman–Crippen MR) is 141 cm³/mol. The lowest BCUT2D eigenvalue weighted by molar-refractivity contribution is -0.0343. The van der Waals surface area contributed by atoms with E-state index in [0.717, 1.165) is 23.1 Å². The predicted octanol–water partition coefficient (Wildman–Crippen LogP) is 7.56. The fourth-order valence-electron chi connectivity index (χ4n) is 4.34. The van der Waals surface area contributed by atoms with Crippen LogP contribution in [0.2, 0.25) is 0 Å². The smallest absolute Gasteiger partial charge is 0.193 e. The minimum atomic E-state index is -0.135. The first-order valence-electron chi connectivity index (χ1n) is 12.1. The van der Waals surface area contributed by atoms with Gasteiger partial charge in [-0.2, -0.15) is 0 Å². The summed E-state index contributed by atoms with van der Waals surface area (Å²) in [6.45, 7) is 2.65. The summed E-state index contributed by atoms with van der Waals surface area (Å²) in [5.41, 5.74) is 4.78. The zero-order valence-corrected chi connectivity index (χ0v) is 20.3. The molecule has 0 bridgehead atoms. The van der Waals surface area contributed by atoms with Crippen LogP contribution in [0.15, 0.2) is 115 Å². The largest absolute Gasteiger partial charge is 0.374 e. The van der Waals surface area contributed by atoms with Crippen LogP contribution in [0.3, 0.4) is 0 Å². The molecule has 0 saturated heterocycles. The van der Waals surface area contributed by atoms with E-state index in [9.17, 15) is 4.79 Å². The molecule has 0 fully saturated rings. The van der Waals surface area contributed by atoms with Gasteiger partial charge in [-0.3, -0.25) is 4.79 Å². The Morgan fingerprint density at radius 1 is 0.657 bits per heavy atom. The van der Waals surface area contributed by atoms with Gasteiger partial charge in [0.25, 0.3) is 0 Å². The molecule has 3 heteroatoms. The maximum absolute atomic E-state index is 13.0. The number of benzene rings is 4. The number of carbonyl (C=O) groups is 1. The molecule has 0 aliphatic rings. The number of hydrogen-bond donors (Lipinski definition) is 0. The van der Waals surface area contributed by atoms with Crippen molar-refractivity contribution >= 4 is 5.78 Å². The highest BCUT2D eigenvalue weighted by Gasteiger charge is 2.21. The van der Waals surface area contributed by atoms with Gasteiger partial charge in [0.2, 0.25) is 0 Å². The molecule has 4 aromatic rings. The molecule has 0 saturated carbocycles. The molecule has 0 aromatic heterocycles. The lowest BCUT2D eigenvalue weighted by atomic mass is 9.90. The highest BCUT2D eigenvalue weighted by molar-refractivity contribution is 6.09. The van der Waals surface area contributed by atoms with Crippen LogP contribution in [0.1, 0.15) is 64.1 Å². The van der Waals surface area contributed by atoms with Crippen molar-refractivity contribution in [3.63, 3.8) is 0 Å². The summed E-state index contributed by atoms with van der Waals surface area (Å²) in [4.78, 5) is 13.0. The second-order valence-corrected chi connectivity index (χ2v) is 8.83. The van der Waals surface area contributed by atoms with E-state index in [2.05, 4.69) is 37.3 Å². The van der Waals surface area contributed by atoms with E-state index in [1.165, 1.54) is 0 Å². The van der Waals surface area contributed by atoms with Gasteiger partial charge < -0.3 is 9.47 Å². The third-order valence-corrected chi connectivity index (χ3v) is 6.40. The number of ether oxygens (including phenoxy) is 2. The number of carbonyl (C=O) groups excluding carboxylic acids is 1. The molecule has 3 atom stereocenters. The third kappa shape index (κ3) is 6.54. The molecule has 4 aromatic carbocycles. The van der Waals surface area contributed by atoms with Gasteiger partial charge in [-0.1, -0.05) is 116 Å². The second-order valence-electron chi connectivity index (χ2n) is 8.83. The molecule has 0 aliphatic heterocycles. The van der Waals surface area contributed by atoms with E-state index in [1.807, 2.05) is 84.9 Å². The first-order valence-corrected chi connectivity index (χ1v) is 12.1. The Labute approximate surface area is 208 Å². The molecule has 0 amide bonds. The van der Waals surface area contributed by atoms with E-state index in [0.29, 0.717) is 17.7 Å². The van der Waals surface area contributed by atoms with Crippen LogP contribution < -0.4 is 0 Å². The molecule has 3 unspecified atom stereocenters. The Bertz CT molecular complexity index is 1190. The summed E-state index contributed by atoms with van der Waals surface area (Å²) in [6, 6.07) is 37.9. The topological polar surface area (TPSA) is 35.5 Å². The molecular weight excluding hydrogens is 432 g/mol. The fourth-order valence-corrected chi connectivity index (χ4v) is 4.34. The van der Waals surface area contributed by atoms with Crippen LogP contribution >= 0.6 is 0 Å². The molecule has 3 nitrogen and oxygen atoms in total. The van der Waals surface area contributed by atoms with E-state index in [-0.39, 0.29) is 23.9 Å². The standard InChI is InChI=1S/C32H32O3/c1-24(28-19-12-20-29(22-28)32(33)27-17-10-5-11-18-27)21-30(25-13-6-3-7-14-25)35-23-31(34-2)26-15-8-4-9-16-26/h3-20,22,24,30-31H,21,23H2,1-2H3. The Hall–Kier alpha value is -3.53. The van der Waals surface area contributed by atoms with Crippen LogP contribution in [-0.2, 0) is 9.47 Å². The average Bonchev–Trinajstić information content (AvgIpc) is 2.94. The van der Waals surface area contributed by atoms with E-state index in [1.54, 1.807) is 7.11 Å². The first kappa shape index (κ1) is 24.6. The molecule has 4 rings (SSSR count). The molecule has 0 spiro atoms. The van der Waals surface area contributed by atoms with Crippen molar-refractivity contribution < 1.29 is 14.3 Å². The normalized spacial score (nSPS) is 13.7. The zero-order chi connectivity index (χ0) is 24.5. The molecule has 0 aliphatic carbocycles. The molecule has 0 N–H and O–H groups in total. The summed E-state index contributed by atoms with van der Waals surface area (Å²) in [5, 5.41) is 0. The highest BCUT2D eigenvalue weighted by atomic mass is 16.5. The van der Waals surface area contributed by atoms with Gasteiger partial charge in [0.1, 0.15) is 6.10 Å². The summed E-state index contributed by atoms with van der Waals surface area (Å²) in [5.74, 6) is 0.239. The maximum atomic E-state index is 13.0. The number of ketones is 1. The Morgan fingerprint density at radius 3 is 1.77 bits per heavy atom. The van der Waals surface area contributed by atoms with Crippen molar-refractivity contribution in [3.8, 4) is 0 Å². The Balaban J connectivity index is 1.51. The quantitative estimate of drug-likeness (QED) is 0.215. The van der Waals surface area contributed by atoms with E-state index in [4.69, 9.17) is 9.47 Å². The van der Waals surface area contributed by atoms with Gasteiger partial charge in [0.15, 0.2) is 5.78 Å². The van der Waals surface area contributed by atoms with Gasteiger partial charge in [0.05, 0.1) is 12.7 Å². The van der Waals surface area contributed by atoms with Crippen molar-refractivity contribution in [2.24, 2.45) is 0 Å². The van der Waals surface area contributed by atoms with Crippen molar-refractivity contribution in [1.29, 1.82) is 0 Å². The lowest BCUT2D eigenvalue weighted by Crippen LogP contribution is -2.15. The average molecular weight is 465 g/mol. The molecule has 0 radical (unpaired) electrons. The summed E-state index contributed by atoms with van der Waals surface area (Å²) < 4.78 is 12.2. The monoisotopic (exact) mass is 464 g/mol. The zero-order valence-electron chi connectivity index (χ0n) is 20.3.